The van der Waals surface area contributed by atoms with E-state index in [1.807, 2.05) is 0 Å². The molecule has 2 amide bonds. The van der Waals surface area contributed by atoms with Gasteiger partial charge in [-0.2, -0.15) is 0 Å². The van der Waals surface area contributed by atoms with E-state index in [1.54, 1.807) is 24.3 Å². The van der Waals surface area contributed by atoms with Gasteiger partial charge in [0.2, 0.25) is 0 Å². The third kappa shape index (κ3) is 5.08. The van der Waals surface area contributed by atoms with Crippen molar-refractivity contribution in [2.24, 2.45) is 0 Å². The zero-order valence-corrected chi connectivity index (χ0v) is 12.7. The fourth-order valence-electron chi connectivity index (χ4n) is 2.03. The summed E-state index contributed by atoms with van der Waals surface area (Å²) in [5, 5.41) is 15.0. The molecule has 0 bridgehead atoms. The van der Waals surface area contributed by atoms with Crippen LogP contribution in [0.4, 0.5) is 9.18 Å². The van der Waals surface area contributed by atoms with Crippen molar-refractivity contribution < 1.29 is 23.4 Å². The van der Waals surface area contributed by atoms with Crippen molar-refractivity contribution in [2.45, 2.75) is 12.2 Å². The molecule has 2 atom stereocenters. The summed E-state index contributed by atoms with van der Waals surface area (Å²) in [5.41, 5.74) is 0.754. The summed E-state index contributed by atoms with van der Waals surface area (Å²) in [6, 6.07) is 8.71. The summed E-state index contributed by atoms with van der Waals surface area (Å²) in [4.78, 5) is 11.7. The van der Waals surface area contributed by atoms with E-state index in [0.29, 0.717) is 5.76 Å². The van der Waals surface area contributed by atoms with Gasteiger partial charge in [0.25, 0.3) is 0 Å². The van der Waals surface area contributed by atoms with Gasteiger partial charge >= 0.3 is 6.03 Å². The number of amides is 2. The lowest BCUT2D eigenvalue weighted by Crippen LogP contribution is -2.39. The van der Waals surface area contributed by atoms with Crippen molar-refractivity contribution in [3.63, 3.8) is 0 Å². The minimum Gasteiger partial charge on any atom is -0.467 e. The number of carbonyl (C=O) groups is 1. The summed E-state index contributed by atoms with van der Waals surface area (Å²) < 4.78 is 23.2. The Hall–Kier alpha value is -2.38. The molecular formula is C16H19FN2O4. The highest BCUT2D eigenvalue weighted by Gasteiger charge is 2.14. The van der Waals surface area contributed by atoms with E-state index < -0.39 is 18.2 Å². The number of hydrogen-bond acceptors (Lipinski definition) is 4. The first-order valence-electron chi connectivity index (χ1n) is 7.11. The second-order valence-electron chi connectivity index (χ2n) is 4.90. The first-order chi connectivity index (χ1) is 11.1. The number of carbonyl (C=O) groups excluding carboxylic acids is 1. The SMILES string of the molecule is COC(CNC(=O)NCC(O)c1ccco1)c1ccc(F)cc1. The van der Waals surface area contributed by atoms with Gasteiger partial charge in [-0.05, 0) is 29.8 Å². The maximum atomic E-state index is 12.9. The Labute approximate surface area is 133 Å². The van der Waals surface area contributed by atoms with Crippen LogP contribution in [0.15, 0.2) is 47.1 Å². The molecule has 3 N–H and O–H groups in total. The molecule has 0 aliphatic carbocycles. The normalized spacial score (nSPS) is 13.3. The fraction of sp³-hybridized carbons (Fsp3) is 0.312. The standard InChI is InChI=1S/C16H19FN2O4/c1-22-15(11-4-6-12(17)7-5-11)10-19-16(21)18-9-13(20)14-3-2-8-23-14/h2-8,13,15,20H,9-10H2,1H3,(H2,18,19,21). The molecule has 0 spiro atoms. The molecule has 23 heavy (non-hydrogen) atoms. The Bertz CT molecular complexity index is 601. The van der Waals surface area contributed by atoms with Crippen LogP contribution < -0.4 is 10.6 Å². The van der Waals surface area contributed by atoms with Crippen molar-refractivity contribution in [3.05, 3.63) is 59.8 Å². The van der Waals surface area contributed by atoms with Crippen LogP contribution in [0.5, 0.6) is 0 Å². The van der Waals surface area contributed by atoms with E-state index in [2.05, 4.69) is 10.6 Å². The van der Waals surface area contributed by atoms with Gasteiger partial charge in [-0.1, -0.05) is 12.1 Å². The van der Waals surface area contributed by atoms with Crippen LogP contribution in [0.3, 0.4) is 0 Å². The number of rotatable bonds is 7. The predicted molar refractivity (Wildman–Crippen MR) is 81.2 cm³/mol. The highest BCUT2D eigenvalue weighted by atomic mass is 19.1. The molecule has 0 aliphatic heterocycles. The number of hydrogen-bond donors (Lipinski definition) is 3. The van der Waals surface area contributed by atoms with Gasteiger partial charge in [-0.3, -0.25) is 0 Å². The van der Waals surface area contributed by atoms with Crippen LogP contribution in [-0.2, 0) is 4.74 Å². The van der Waals surface area contributed by atoms with Crippen molar-refractivity contribution in [1.82, 2.24) is 10.6 Å². The second-order valence-corrected chi connectivity index (χ2v) is 4.90. The third-order valence-electron chi connectivity index (χ3n) is 3.30. The molecule has 124 valence electrons. The number of aliphatic hydroxyl groups excluding tert-OH is 1. The molecule has 0 fully saturated rings. The van der Waals surface area contributed by atoms with Gasteiger partial charge in [0.05, 0.1) is 18.9 Å². The molecule has 1 heterocycles. The Morgan fingerprint density at radius 2 is 1.96 bits per heavy atom. The lowest BCUT2D eigenvalue weighted by molar-refractivity contribution is 0.103. The summed E-state index contributed by atoms with van der Waals surface area (Å²) >= 11 is 0. The van der Waals surface area contributed by atoms with E-state index in [4.69, 9.17) is 9.15 Å². The number of benzene rings is 1. The molecule has 7 heteroatoms. The molecule has 0 saturated heterocycles. The number of halogens is 1. The van der Waals surface area contributed by atoms with Gasteiger partial charge in [-0.25, -0.2) is 9.18 Å². The topological polar surface area (TPSA) is 83.7 Å². The molecular weight excluding hydrogens is 303 g/mol. The molecule has 2 rings (SSSR count). The lowest BCUT2D eigenvalue weighted by Gasteiger charge is -2.17. The summed E-state index contributed by atoms with van der Waals surface area (Å²) in [7, 11) is 1.51. The lowest BCUT2D eigenvalue weighted by atomic mass is 10.1. The zero-order valence-electron chi connectivity index (χ0n) is 12.7. The Kier molecular flexibility index (Phi) is 6.13. The Morgan fingerprint density at radius 3 is 2.57 bits per heavy atom. The average molecular weight is 322 g/mol. The van der Waals surface area contributed by atoms with Crippen molar-refractivity contribution in [3.8, 4) is 0 Å². The quantitative estimate of drug-likeness (QED) is 0.729. The minimum atomic E-state index is -0.911. The first-order valence-corrected chi connectivity index (χ1v) is 7.11. The number of methoxy groups -OCH3 is 1. The number of ether oxygens (including phenoxy) is 1. The van der Waals surface area contributed by atoms with Crippen LogP contribution >= 0.6 is 0 Å². The van der Waals surface area contributed by atoms with Crippen LogP contribution in [0.25, 0.3) is 0 Å². The van der Waals surface area contributed by atoms with E-state index >= 15 is 0 Å². The first kappa shape index (κ1) is 17.0. The van der Waals surface area contributed by atoms with E-state index in [1.165, 1.54) is 25.5 Å². The molecule has 0 aliphatic rings. The largest absolute Gasteiger partial charge is 0.467 e. The van der Waals surface area contributed by atoms with Gasteiger partial charge in [0.15, 0.2) is 0 Å². The van der Waals surface area contributed by atoms with E-state index in [-0.39, 0.29) is 18.9 Å². The van der Waals surface area contributed by atoms with Gasteiger partial charge in [0, 0.05) is 13.7 Å². The van der Waals surface area contributed by atoms with E-state index in [9.17, 15) is 14.3 Å². The minimum absolute atomic E-state index is 0.0214. The molecule has 0 saturated carbocycles. The maximum Gasteiger partial charge on any atom is 0.314 e. The average Bonchev–Trinajstić information content (AvgIpc) is 3.09. The second kappa shape index (κ2) is 8.30. The van der Waals surface area contributed by atoms with Crippen LogP contribution in [0.2, 0.25) is 0 Å². The van der Waals surface area contributed by atoms with Crippen LogP contribution in [0.1, 0.15) is 23.5 Å². The number of furan rings is 1. The molecule has 1 aromatic carbocycles. The van der Waals surface area contributed by atoms with Crippen LogP contribution in [0, 0.1) is 5.82 Å². The molecule has 1 aromatic heterocycles. The van der Waals surface area contributed by atoms with Crippen molar-refractivity contribution in [1.29, 1.82) is 0 Å². The Morgan fingerprint density at radius 1 is 1.26 bits per heavy atom. The number of aliphatic hydroxyl groups is 1. The molecule has 6 nitrogen and oxygen atoms in total. The molecule has 2 aromatic rings. The highest BCUT2D eigenvalue weighted by Crippen LogP contribution is 2.16. The zero-order chi connectivity index (χ0) is 16.7. The fourth-order valence-corrected chi connectivity index (χ4v) is 2.03. The van der Waals surface area contributed by atoms with Crippen molar-refractivity contribution in [2.75, 3.05) is 20.2 Å². The number of urea groups is 1. The van der Waals surface area contributed by atoms with Gasteiger partial charge < -0.3 is 24.9 Å². The Balaban J connectivity index is 1.77. The monoisotopic (exact) mass is 322 g/mol. The van der Waals surface area contributed by atoms with Crippen molar-refractivity contribution >= 4 is 6.03 Å². The maximum absolute atomic E-state index is 12.9. The van der Waals surface area contributed by atoms with E-state index in [0.717, 1.165) is 5.56 Å². The number of nitrogens with one attached hydrogen (secondary N) is 2. The van der Waals surface area contributed by atoms with Crippen LogP contribution in [-0.4, -0.2) is 31.3 Å². The predicted octanol–water partition coefficient (Wildman–Crippen LogP) is 2.14. The highest BCUT2D eigenvalue weighted by molar-refractivity contribution is 5.73. The van der Waals surface area contributed by atoms with Gasteiger partial charge in [0.1, 0.15) is 17.7 Å². The summed E-state index contributed by atoms with van der Waals surface area (Å²) in [6.45, 7) is 0.234. The summed E-state index contributed by atoms with van der Waals surface area (Å²) in [6.07, 6.45) is 0.146. The molecule has 0 radical (unpaired) electrons. The third-order valence-corrected chi connectivity index (χ3v) is 3.30. The summed E-state index contributed by atoms with van der Waals surface area (Å²) in [5.74, 6) is 0.0487. The van der Waals surface area contributed by atoms with Gasteiger partial charge in [-0.15, -0.1) is 0 Å². The molecule has 2 unspecified atom stereocenters. The smallest absolute Gasteiger partial charge is 0.314 e.